The van der Waals surface area contributed by atoms with Gasteiger partial charge in [-0.1, -0.05) is 6.07 Å². The smallest absolute Gasteiger partial charge is 0.274 e. The molecule has 1 saturated heterocycles. The number of hydrogen-bond acceptors (Lipinski definition) is 5. The SMILES string of the molecule is COc1cccc(N2CCN(C(=O)c3n[nH]c4c3C[C@H](C)O[C@@H]4C)CC2)c1. The Morgan fingerprint density at radius 3 is 2.78 bits per heavy atom. The van der Waals surface area contributed by atoms with Gasteiger partial charge in [0.15, 0.2) is 5.69 Å². The molecule has 0 aliphatic carbocycles. The van der Waals surface area contributed by atoms with Crippen molar-refractivity contribution in [2.24, 2.45) is 0 Å². The Labute approximate surface area is 159 Å². The molecule has 3 heterocycles. The zero-order valence-electron chi connectivity index (χ0n) is 16.1. The fraction of sp³-hybridized carbons (Fsp3) is 0.500. The third kappa shape index (κ3) is 3.39. The number of nitrogens with one attached hydrogen (secondary N) is 1. The third-order valence-electron chi connectivity index (χ3n) is 5.42. The number of methoxy groups -OCH3 is 1. The second-order valence-corrected chi connectivity index (χ2v) is 7.24. The predicted molar refractivity (Wildman–Crippen MR) is 102 cm³/mol. The van der Waals surface area contributed by atoms with Gasteiger partial charge in [-0.25, -0.2) is 0 Å². The van der Waals surface area contributed by atoms with E-state index in [0.29, 0.717) is 18.8 Å². The second kappa shape index (κ2) is 7.23. The number of carbonyl (C=O) groups excluding carboxylic acids is 1. The average Bonchev–Trinajstić information content (AvgIpc) is 3.11. The van der Waals surface area contributed by atoms with Gasteiger partial charge < -0.3 is 19.3 Å². The van der Waals surface area contributed by atoms with Crippen molar-refractivity contribution in [2.45, 2.75) is 32.5 Å². The highest BCUT2D eigenvalue weighted by atomic mass is 16.5. The molecule has 1 aromatic heterocycles. The first-order chi connectivity index (χ1) is 13.1. The van der Waals surface area contributed by atoms with Crippen LogP contribution in [0.4, 0.5) is 5.69 Å². The molecule has 2 aliphatic rings. The molecule has 27 heavy (non-hydrogen) atoms. The lowest BCUT2D eigenvalue weighted by atomic mass is 9.99. The molecule has 1 aromatic carbocycles. The summed E-state index contributed by atoms with van der Waals surface area (Å²) in [4.78, 5) is 17.2. The summed E-state index contributed by atoms with van der Waals surface area (Å²) in [7, 11) is 1.67. The van der Waals surface area contributed by atoms with Gasteiger partial charge in [0, 0.05) is 49.9 Å². The van der Waals surface area contributed by atoms with Crippen LogP contribution in [0.15, 0.2) is 24.3 Å². The van der Waals surface area contributed by atoms with Crippen LogP contribution in [0.25, 0.3) is 0 Å². The third-order valence-corrected chi connectivity index (χ3v) is 5.42. The molecule has 2 aromatic rings. The molecule has 0 bridgehead atoms. The first kappa shape index (κ1) is 17.9. The van der Waals surface area contributed by atoms with Gasteiger partial charge in [-0.2, -0.15) is 5.10 Å². The summed E-state index contributed by atoms with van der Waals surface area (Å²) < 4.78 is 11.1. The topological polar surface area (TPSA) is 70.7 Å². The molecule has 0 radical (unpaired) electrons. The van der Waals surface area contributed by atoms with Crippen LogP contribution in [-0.4, -0.2) is 60.4 Å². The van der Waals surface area contributed by atoms with Gasteiger partial charge in [0.05, 0.1) is 25.0 Å². The summed E-state index contributed by atoms with van der Waals surface area (Å²) in [5.41, 5.74) is 3.63. The highest BCUT2D eigenvalue weighted by Gasteiger charge is 2.32. The van der Waals surface area contributed by atoms with Gasteiger partial charge in [0.25, 0.3) is 5.91 Å². The van der Waals surface area contributed by atoms with E-state index in [1.807, 2.05) is 36.9 Å². The molecule has 2 atom stereocenters. The summed E-state index contributed by atoms with van der Waals surface area (Å²) >= 11 is 0. The number of nitrogens with zero attached hydrogens (tertiary/aromatic N) is 3. The Morgan fingerprint density at radius 1 is 1.26 bits per heavy atom. The van der Waals surface area contributed by atoms with E-state index in [2.05, 4.69) is 21.2 Å². The van der Waals surface area contributed by atoms with Crippen molar-refractivity contribution in [1.82, 2.24) is 15.1 Å². The maximum atomic E-state index is 13.1. The van der Waals surface area contributed by atoms with Crippen molar-refractivity contribution in [2.75, 3.05) is 38.2 Å². The zero-order valence-corrected chi connectivity index (χ0v) is 16.1. The summed E-state index contributed by atoms with van der Waals surface area (Å²) in [5, 5.41) is 7.35. The van der Waals surface area contributed by atoms with Crippen molar-refractivity contribution in [3.63, 3.8) is 0 Å². The number of fused-ring (bicyclic) bond motifs is 1. The number of anilines is 1. The molecule has 4 rings (SSSR count). The lowest BCUT2D eigenvalue weighted by molar-refractivity contribution is -0.00702. The largest absolute Gasteiger partial charge is 0.497 e. The van der Waals surface area contributed by atoms with E-state index < -0.39 is 0 Å². The summed E-state index contributed by atoms with van der Waals surface area (Å²) in [5.74, 6) is 0.860. The van der Waals surface area contributed by atoms with E-state index in [9.17, 15) is 4.79 Å². The first-order valence-electron chi connectivity index (χ1n) is 9.47. The van der Waals surface area contributed by atoms with Crippen LogP contribution in [0.3, 0.4) is 0 Å². The molecule has 0 unspecified atom stereocenters. The number of ether oxygens (including phenoxy) is 2. The van der Waals surface area contributed by atoms with Gasteiger partial charge in [-0.15, -0.1) is 0 Å². The number of aromatic nitrogens is 2. The Morgan fingerprint density at radius 2 is 2.04 bits per heavy atom. The van der Waals surface area contributed by atoms with Crippen molar-refractivity contribution in [3.05, 3.63) is 41.2 Å². The molecule has 1 amide bonds. The van der Waals surface area contributed by atoms with E-state index in [0.717, 1.165) is 42.2 Å². The van der Waals surface area contributed by atoms with Gasteiger partial charge in [0.1, 0.15) is 5.75 Å². The molecular weight excluding hydrogens is 344 g/mol. The number of amides is 1. The van der Waals surface area contributed by atoms with E-state index in [1.165, 1.54) is 0 Å². The quantitative estimate of drug-likeness (QED) is 0.898. The highest BCUT2D eigenvalue weighted by Crippen LogP contribution is 2.31. The molecule has 0 spiro atoms. The van der Waals surface area contributed by atoms with Crippen LogP contribution in [0.1, 0.15) is 41.7 Å². The monoisotopic (exact) mass is 370 g/mol. The standard InChI is InChI=1S/C20H26N4O3/c1-13-11-17-18(14(2)27-13)21-22-19(17)20(25)24-9-7-23(8-10-24)15-5-4-6-16(12-15)26-3/h4-6,12-14H,7-11H2,1-3H3,(H,21,22)/t13-,14+/m0/s1. The minimum Gasteiger partial charge on any atom is -0.497 e. The van der Waals surface area contributed by atoms with Crippen molar-refractivity contribution >= 4 is 11.6 Å². The summed E-state index contributed by atoms with van der Waals surface area (Å²) in [6.07, 6.45) is 0.769. The van der Waals surface area contributed by atoms with E-state index in [-0.39, 0.29) is 18.1 Å². The lowest BCUT2D eigenvalue weighted by Gasteiger charge is -2.36. The number of rotatable bonds is 3. The number of piperazine rings is 1. The van der Waals surface area contributed by atoms with E-state index >= 15 is 0 Å². The van der Waals surface area contributed by atoms with E-state index in [4.69, 9.17) is 9.47 Å². The molecule has 0 saturated carbocycles. The predicted octanol–water partition coefficient (Wildman–Crippen LogP) is 2.40. The fourth-order valence-electron chi connectivity index (χ4n) is 3.98. The first-order valence-corrected chi connectivity index (χ1v) is 9.47. The van der Waals surface area contributed by atoms with Gasteiger partial charge in [-0.3, -0.25) is 9.89 Å². The van der Waals surface area contributed by atoms with Crippen LogP contribution in [-0.2, 0) is 11.2 Å². The number of H-pyrrole nitrogens is 1. The number of hydrogen-bond donors (Lipinski definition) is 1. The molecule has 2 aliphatic heterocycles. The van der Waals surface area contributed by atoms with Gasteiger partial charge >= 0.3 is 0 Å². The van der Waals surface area contributed by atoms with Gasteiger partial charge in [0.2, 0.25) is 0 Å². The maximum absolute atomic E-state index is 13.1. The van der Waals surface area contributed by atoms with Crippen LogP contribution in [0.5, 0.6) is 5.75 Å². The minimum atomic E-state index is -0.0530. The molecule has 1 N–H and O–H groups in total. The number of aromatic amines is 1. The Balaban J connectivity index is 1.45. The minimum absolute atomic E-state index is 0.0130. The maximum Gasteiger partial charge on any atom is 0.274 e. The van der Waals surface area contributed by atoms with Crippen molar-refractivity contribution in [3.8, 4) is 5.75 Å². The van der Waals surface area contributed by atoms with E-state index in [1.54, 1.807) is 7.11 Å². The molecule has 7 heteroatoms. The fourth-order valence-corrected chi connectivity index (χ4v) is 3.98. The summed E-state index contributed by atoms with van der Waals surface area (Å²) in [6, 6.07) is 8.04. The average molecular weight is 370 g/mol. The second-order valence-electron chi connectivity index (χ2n) is 7.24. The van der Waals surface area contributed by atoms with Crippen molar-refractivity contribution < 1.29 is 14.3 Å². The van der Waals surface area contributed by atoms with Gasteiger partial charge in [-0.05, 0) is 26.0 Å². The molecule has 144 valence electrons. The van der Waals surface area contributed by atoms with Crippen LogP contribution in [0.2, 0.25) is 0 Å². The normalized spacial score (nSPS) is 22.5. The Kier molecular flexibility index (Phi) is 4.78. The lowest BCUT2D eigenvalue weighted by Crippen LogP contribution is -2.49. The Hall–Kier alpha value is -2.54. The van der Waals surface area contributed by atoms with Crippen LogP contribution in [0, 0.1) is 0 Å². The Bertz CT molecular complexity index is 826. The molecule has 7 nitrogen and oxygen atoms in total. The summed E-state index contributed by atoms with van der Waals surface area (Å²) in [6.45, 7) is 6.98. The molecular formula is C20H26N4O3. The zero-order chi connectivity index (χ0) is 19.0. The number of benzene rings is 1. The van der Waals surface area contributed by atoms with Crippen molar-refractivity contribution in [1.29, 1.82) is 0 Å². The number of carbonyl (C=O) groups is 1. The highest BCUT2D eigenvalue weighted by molar-refractivity contribution is 5.94. The molecule has 1 fully saturated rings. The van der Waals surface area contributed by atoms with Crippen LogP contribution < -0.4 is 9.64 Å². The van der Waals surface area contributed by atoms with Crippen LogP contribution >= 0.6 is 0 Å².